The Morgan fingerprint density at radius 2 is 2.04 bits per heavy atom. The number of imide groups is 1. The number of amides is 3. The van der Waals surface area contributed by atoms with Crippen molar-refractivity contribution in [3.63, 3.8) is 0 Å². The number of pyridine rings is 1. The summed E-state index contributed by atoms with van der Waals surface area (Å²) in [6.07, 6.45) is 9.25. The number of nitrogens with zero attached hydrogens (tertiary/aromatic N) is 2. The fourth-order valence-electron chi connectivity index (χ4n) is 2.26. The van der Waals surface area contributed by atoms with Crippen molar-refractivity contribution in [2.75, 3.05) is 4.90 Å². The van der Waals surface area contributed by atoms with Crippen LogP contribution in [0.1, 0.15) is 23.3 Å². The topological polar surface area (TPSA) is 103 Å². The van der Waals surface area contributed by atoms with E-state index in [9.17, 15) is 14.4 Å². The number of rotatable bonds is 3. The Morgan fingerprint density at radius 1 is 1.26 bits per heavy atom. The maximum Gasteiger partial charge on any atom is 0.270 e. The van der Waals surface area contributed by atoms with Gasteiger partial charge in [-0.3, -0.25) is 19.7 Å². The van der Waals surface area contributed by atoms with Crippen LogP contribution in [-0.2, 0) is 9.59 Å². The molecule has 2 aliphatic heterocycles. The molecule has 1 saturated heterocycles. The molecule has 3 N–H and O–H groups in total. The Balaban J connectivity index is 1.65. The lowest BCUT2D eigenvalue weighted by molar-refractivity contribution is -0.134. The van der Waals surface area contributed by atoms with Crippen LogP contribution in [0.5, 0.6) is 0 Å². The number of carbonyl (C=O) groups is 3. The minimum atomic E-state index is -0.708. The summed E-state index contributed by atoms with van der Waals surface area (Å²) in [7, 11) is 0. The smallest absolute Gasteiger partial charge is 0.270 e. The normalized spacial score (nSPS) is 20.0. The summed E-state index contributed by atoms with van der Waals surface area (Å²) in [6, 6.07) is 2.63. The van der Waals surface area contributed by atoms with Crippen molar-refractivity contribution in [1.29, 1.82) is 0 Å². The quantitative estimate of drug-likeness (QED) is 0.677. The van der Waals surface area contributed by atoms with Crippen molar-refractivity contribution in [1.82, 2.24) is 20.9 Å². The molecule has 0 bridgehead atoms. The Morgan fingerprint density at radius 3 is 2.70 bits per heavy atom. The monoisotopic (exact) mass is 313 g/mol. The average molecular weight is 313 g/mol. The molecule has 3 amide bonds. The SMILES string of the molecule is O=C1CCC(NC(=O)c2ccc(N3C=CNC=C3)cn2)C(=O)N1. The Bertz CT molecular complexity index is 684. The molecule has 8 nitrogen and oxygen atoms in total. The van der Waals surface area contributed by atoms with Crippen LogP contribution in [0, 0.1) is 0 Å². The van der Waals surface area contributed by atoms with Crippen molar-refractivity contribution < 1.29 is 14.4 Å². The minimum absolute atomic E-state index is 0.210. The fraction of sp³-hybridized carbons (Fsp3) is 0.200. The molecule has 1 atom stereocenters. The Kier molecular flexibility index (Phi) is 4.05. The average Bonchev–Trinajstić information content (AvgIpc) is 2.58. The van der Waals surface area contributed by atoms with E-state index in [1.165, 1.54) is 0 Å². The van der Waals surface area contributed by atoms with Gasteiger partial charge in [-0.05, 0) is 18.6 Å². The maximum atomic E-state index is 12.1. The number of piperidine rings is 1. The van der Waals surface area contributed by atoms with Crippen LogP contribution < -0.4 is 20.9 Å². The molecule has 1 fully saturated rings. The van der Waals surface area contributed by atoms with Gasteiger partial charge in [-0.15, -0.1) is 0 Å². The minimum Gasteiger partial charge on any atom is -0.365 e. The van der Waals surface area contributed by atoms with E-state index in [2.05, 4.69) is 20.9 Å². The highest BCUT2D eigenvalue weighted by Gasteiger charge is 2.28. The van der Waals surface area contributed by atoms with Crippen LogP contribution in [0.2, 0.25) is 0 Å². The van der Waals surface area contributed by atoms with E-state index in [1.54, 1.807) is 30.7 Å². The van der Waals surface area contributed by atoms with Gasteiger partial charge in [0.25, 0.3) is 5.91 Å². The first-order chi connectivity index (χ1) is 11.1. The lowest BCUT2D eigenvalue weighted by Gasteiger charge is -2.22. The standard InChI is InChI=1S/C15H15N5O3/c21-13-4-3-12(15(23)19-13)18-14(22)11-2-1-10(9-17-11)20-7-5-16-6-8-20/h1-2,5-9,12,16H,3-4H2,(H,18,22)(H,19,21,23). The number of anilines is 1. The molecule has 1 aromatic heterocycles. The predicted octanol–water partition coefficient (Wildman–Crippen LogP) is -0.0314. The third-order valence-electron chi connectivity index (χ3n) is 3.49. The van der Waals surface area contributed by atoms with Crippen molar-refractivity contribution in [3.8, 4) is 0 Å². The molecule has 1 aromatic rings. The lowest BCUT2D eigenvalue weighted by atomic mass is 10.1. The highest BCUT2D eigenvalue weighted by Crippen LogP contribution is 2.15. The van der Waals surface area contributed by atoms with Gasteiger partial charge >= 0.3 is 0 Å². The van der Waals surface area contributed by atoms with Crippen LogP contribution in [-0.4, -0.2) is 28.7 Å². The van der Waals surface area contributed by atoms with Crippen molar-refractivity contribution in [2.24, 2.45) is 0 Å². The highest BCUT2D eigenvalue weighted by molar-refractivity contribution is 6.03. The zero-order valence-corrected chi connectivity index (χ0v) is 12.2. The van der Waals surface area contributed by atoms with E-state index < -0.39 is 17.9 Å². The van der Waals surface area contributed by atoms with Crippen molar-refractivity contribution >= 4 is 23.4 Å². The number of hydrogen-bond donors (Lipinski definition) is 3. The first kappa shape index (κ1) is 14.8. The fourth-order valence-corrected chi connectivity index (χ4v) is 2.26. The first-order valence-corrected chi connectivity index (χ1v) is 7.12. The summed E-state index contributed by atoms with van der Waals surface area (Å²) in [6.45, 7) is 0. The molecule has 118 valence electrons. The van der Waals surface area contributed by atoms with Gasteiger partial charge in [0.2, 0.25) is 11.8 Å². The van der Waals surface area contributed by atoms with E-state index >= 15 is 0 Å². The molecule has 8 heteroatoms. The second-order valence-corrected chi connectivity index (χ2v) is 5.08. The number of nitrogens with one attached hydrogen (secondary N) is 3. The van der Waals surface area contributed by atoms with E-state index in [0.717, 1.165) is 5.69 Å². The molecule has 0 spiro atoms. The summed E-state index contributed by atoms with van der Waals surface area (Å²) in [5.74, 6) is -1.25. The van der Waals surface area contributed by atoms with E-state index in [-0.39, 0.29) is 18.0 Å². The molecule has 1 unspecified atom stereocenters. The van der Waals surface area contributed by atoms with Crippen LogP contribution in [0.15, 0.2) is 43.1 Å². The molecule has 0 radical (unpaired) electrons. The van der Waals surface area contributed by atoms with Crippen LogP contribution in [0.4, 0.5) is 5.69 Å². The second kappa shape index (κ2) is 6.30. The largest absolute Gasteiger partial charge is 0.365 e. The highest BCUT2D eigenvalue weighted by atomic mass is 16.2. The number of aromatic nitrogens is 1. The third-order valence-corrected chi connectivity index (χ3v) is 3.49. The molecule has 3 heterocycles. The molecular weight excluding hydrogens is 298 g/mol. The van der Waals surface area contributed by atoms with E-state index in [4.69, 9.17) is 0 Å². The van der Waals surface area contributed by atoms with Gasteiger partial charge < -0.3 is 15.5 Å². The molecule has 2 aliphatic rings. The van der Waals surface area contributed by atoms with Gasteiger partial charge in [-0.25, -0.2) is 4.98 Å². The van der Waals surface area contributed by atoms with Crippen molar-refractivity contribution in [3.05, 3.63) is 48.8 Å². The molecule has 3 rings (SSSR count). The molecule has 0 aliphatic carbocycles. The molecule has 0 aromatic carbocycles. The summed E-state index contributed by atoms with van der Waals surface area (Å²) in [4.78, 5) is 40.8. The maximum absolute atomic E-state index is 12.1. The zero-order chi connectivity index (χ0) is 16.2. The molecule has 23 heavy (non-hydrogen) atoms. The number of carbonyl (C=O) groups excluding carboxylic acids is 3. The first-order valence-electron chi connectivity index (χ1n) is 7.12. The van der Waals surface area contributed by atoms with Gasteiger partial charge in [-0.2, -0.15) is 0 Å². The van der Waals surface area contributed by atoms with Gasteiger partial charge in [0.15, 0.2) is 0 Å². The van der Waals surface area contributed by atoms with Gasteiger partial charge in [0.1, 0.15) is 11.7 Å². The van der Waals surface area contributed by atoms with E-state index in [1.807, 2.05) is 17.3 Å². The lowest BCUT2D eigenvalue weighted by Crippen LogP contribution is -2.52. The third kappa shape index (κ3) is 3.37. The van der Waals surface area contributed by atoms with Gasteiger partial charge in [-0.1, -0.05) is 0 Å². The second-order valence-electron chi connectivity index (χ2n) is 5.08. The Labute approximate surface area is 132 Å². The van der Waals surface area contributed by atoms with Gasteiger partial charge in [0.05, 0.1) is 11.9 Å². The predicted molar refractivity (Wildman–Crippen MR) is 81.8 cm³/mol. The van der Waals surface area contributed by atoms with Crippen LogP contribution in [0.25, 0.3) is 0 Å². The van der Waals surface area contributed by atoms with Gasteiger partial charge in [0, 0.05) is 31.2 Å². The summed E-state index contributed by atoms with van der Waals surface area (Å²) in [5, 5.41) is 7.70. The zero-order valence-electron chi connectivity index (χ0n) is 12.2. The summed E-state index contributed by atoms with van der Waals surface area (Å²) >= 11 is 0. The summed E-state index contributed by atoms with van der Waals surface area (Å²) in [5.41, 5.74) is 1.01. The number of hydrogen-bond acceptors (Lipinski definition) is 6. The Hall–Kier alpha value is -3.16. The van der Waals surface area contributed by atoms with Crippen LogP contribution >= 0.6 is 0 Å². The van der Waals surface area contributed by atoms with Crippen LogP contribution in [0.3, 0.4) is 0 Å². The summed E-state index contributed by atoms with van der Waals surface area (Å²) < 4.78 is 0. The molecular formula is C15H15N5O3. The van der Waals surface area contributed by atoms with Crippen molar-refractivity contribution in [2.45, 2.75) is 18.9 Å². The van der Waals surface area contributed by atoms with E-state index in [0.29, 0.717) is 6.42 Å². The molecule has 0 saturated carbocycles.